The van der Waals surface area contributed by atoms with Crippen LogP contribution in [0.3, 0.4) is 0 Å². The van der Waals surface area contributed by atoms with Crippen LogP contribution in [0.4, 0.5) is 11.4 Å². The van der Waals surface area contributed by atoms with Crippen LogP contribution in [0.2, 0.25) is 0 Å². The number of para-hydroxylation sites is 1. The number of aliphatic hydroxyl groups is 1. The topological polar surface area (TPSA) is 78.4 Å². The molecular weight excluding hydrogens is 316 g/mol. The number of carbonyl (C=O) groups excluding carboxylic acids is 1. The maximum Gasteiger partial charge on any atom is 0.274 e. The van der Waals surface area contributed by atoms with E-state index < -0.39 is 0 Å². The number of nitrogens with zero attached hydrogens (tertiary/aromatic N) is 3. The zero-order valence-electron chi connectivity index (χ0n) is 13.6. The van der Waals surface area contributed by atoms with E-state index in [0.29, 0.717) is 11.4 Å². The molecule has 0 bridgehead atoms. The Morgan fingerprint density at radius 2 is 2.08 bits per heavy atom. The molecule has 0 radical (unpaired) electrons. The van der Waals surface area contributed by atoms with E-state index in [4.69, 9.17) is 0 Å². The van der Waals surface area contributed by atoms with Crippen molar-refractivity contribution in [2.45, 2.75) is 12.5 Å². The SMILES string of the molecule is O=C(Nc1cccc2cccnc12)c1cc(N2CC[C@H]2CO)ccn1. The summed E-state index contributed by atoms with van der Waals surface area (Å²) in [5.74, 6) is -0.277. The van der Waals surface area contributed by atoms with Crippen LogP contribution in [-0.4, -0.2) is 40.2 Å². The van der Waals surface area contributed by atoms with Crippen molar-refractivity contribution in [2.75, 3.05) is 23.4 Å². The third-order valence-electron chi connectivity index (χ3n) is 4.54. The minimum absolute atomic E-state index is 0.117. The van der Waals surface area contributed by atoms with Gasteiger partial charge in [-0.3, -0.25) is 14.8 Å². The first-order valence-corrected chi connectivity index (χ1v) is 8.25. The van der Waals surface area contributed by atoms with E-state index in [1.54, 1.807) is 18.5 Å². The van der Waals surface area contributed by atoms with E-state index in [0.717, 1.165) is 29.6 Å². The van der Waals surface area contributed by atoms with E-state index in [2.05, 4.69) is 20.2 Å². The van der Waals surface area contributed by atoms with Gasteiger partial charge >= 0.3 is 0 Å². The van der Waals surface area contributed by atoms with Crippen LogP contribution in [0.25, 0.3) is 10.9 Å². The van der Waals surface area contributed by atoms with Crippen LogP contribution in [-0.2, 0) is 0 Å². The van der Waals surface area contributed by atoms with Crippen molar-refractivity contribution >= 4 is 28.2 Å². The highest BCUT2D eigenvalue weighted by Crippen LogP contribution is 2.27. The zero-order valence-corrected chi connectivity index (χ0v) is 13.6. The van der Waals surface area contributed by atoms with Crippen molar-refractivity contribution in [1.29, 1.82) is 0 Å². The summed E-state index contributed by atoms with van der Waals surface area (Å²) in [5.41, 5.74) is 2.65. The van der Waals surface area contributed by atoms with Gasteiger partial charge in [-0.1, -0.05) is 18.2 Å². The van der Waals surface area contributed by atoms with Gasteiger partial charge in [-0.15, -0.1) is 0 Å². The van der Waals surface area contributed by atoms with E-state index in [1.165, 1.54) is 0 Å². The Morgan fingerprint density at radius 1 is 1.20 bits per heavy atom. The molecule has 1 aliphatic rings. The fraction of sp³-hybridized carbons (Fsp3) is 0.211. The van der Waals surface area contributed by atoms with E-state index in [1.807, 2.05) is 36.4 Å². The van der Waals surface area contributed by atoms with Gasteiger partial charge in [0.1, 0.15) is 5.69 Å². The van der Waals surface area contributed by atoms with Gasteiger partial charge in [-0.25, -0.2) is 0 Å². The molecular formula is C19H18N4O2. The van der Waals surface area contributed by atoms with Crippen LogP contribution in [0.1, 0.15) is 16.9 Å². The first-order chi connectivity index (χ1) is 12.3. The Labute approximate surface area is 145 Å². The summed E-state index contributed by atoms with van der Waals surface area (Å²) >= 11 is 0. The summed E-state index contributed by atoms with van der Waals surface area (Å²) in [6, 6.07) is 13.2. The van der Waals surface area contributed by atoms with Gasteiger partial charge < -0.3 is 15.3 Å². The quantitative estimate of drug-likeness (QED) is 0.766. The Bertz CT molecular complexity index is 921. The smallest absolute Gasteiger partial charge is 0.274 e. The van der Waals surface area contributed by atoms with Gasteiger partial charge in [0.2, 0.25) is 0 Å². The number of rotatable bonds is 4. The molecule has 126 valence electrons. The lowest BCUT2D eigenvalue weighted by Gasteiger charge is -2.41. The fourth-order valence-electron chi connectivity index (χ4n) is 3.08. The average Bonchev–Trinajstić information content (AvgIpc) is 2.62. The summed E-state index contributed by atoms with van der Waals surface area (Å²) in [6.45, 7) is 0.995. The molecule has 25 heavy (non-hydrogen) atoms. The molecule has 1 aromatic carbocycles. The van der Waals surface area contributed by atoms with Crippen molar-refractivity contribution in [3.8, 4) is 0 Å². The number of pyridine rings is 2. The van der Waals surface area contributed by atoms with Crippen LogP contribution in [0.5, 0.6) is 0 Å². The summed E-state index contributed by atoms with van der Waals surface area (Å²) in [6.07, 6.45) is 4.29. The molecule has 1 fully saturated rings. The van der Waals surface area contributed by atoms with Gasteiger partial charge in [0.15, 0.2) is 0 Å². The number of anilines is 2. The molecule has 2 aromatic heterocycles. The molecule has 1 aliphatic heterocycles. The van der Waals surface area contributed by atoms with Crippen molar-refractivity contribution in [3.63, 3.8) is 0 Å². The van der Waals surface area contributed by atoms with Gasteiger partial charge in [0.05, 0.1) is 23.9 Å². The molecule has 2 N–H and O–H groups in total. The van der Waals surface area contributed by atoms with Gasteiger partial charge in [0, 0.05) is 30.0 Å². The number of hydrogen-bond acceptors (Lipinski definition) is 5. The Kier molecular flexibility index (Phi) is 4.03. The minimum atomic E-state index is -0.277. The predicted molar refractivity (Wildman–Crippen MR) is 96.8 cm³/mol. The monoisotopic (exact) mass is 334 g/mol. The number of amides is 1. The molecule has 6 heteroatoms. The van der Waals surface area contributed by atoms with Crippen LogP contribution in [0.15, 0.2) is 54.9 Å². The largest absolute Gasteiger partial charge is 0.394 e. The lowest BCUT2D eigenvalue weighted by Crippen LogP contribution is -2.50. The number of benzene rings is 1. The zero-order chi connectivity index (χ0) is 17.2. The maximum absolute atomic E-state index is 12.6. The third kappa shape index (κ3) is 2.92. The molecule has 0 spiro atoms. The highest BCUT2D eigenvalue weighted by atomic mass is 16.3. The Balaban J connectivity index is 1.59. The molecule has 1 atom stereocenters. The number of aromatic nitrogens is 2. The molecule has 0 unspecified atom stereocenters. The second-order valence-corrected chi connectivity index (χ2v) is 6.05. The number of aliphatic hydroxyl groups excluding tert-OH is 1. The first kappa shape index (κ1) is 15.5. The highest BCUT2D eigenvalue weighted by Gasteiger charge is 2.27. The molecule has 4 rings (SSSR count). The van der Waals surface area contributed by atoms with Crippen LogP contribution in [0, 0.1) is 0 Å². The number of nitrogens with one attached hydrogen (secondary N) is 1. The van der Waals surface area contributed by atoms with E-state index in [9.17, 15) is 9.90 Å². The lowest BCUT2D eigenvalue weighted by atomic mass is 10.0. The third-order valence-corrected chi connectivity index (χ3v) is 4.54. The Hall–Kier alpha value is -2.99. The number of fused-ring (bicyclic) bond motifs is 1. The predicted octanol–water partition coefficient (Wildman–Crippen LogP) is 2.45. The maximum atomic E-state index is 12.6. The highest BCUT2D eigenvalue weighted by molar-refractivity contribution is 6.07. The molecule has 1 saturated heterocycles. The Morgan fingerprint density at radius 3 is 2.88 bits per heavy atom. The van der Waals surface area contributed by atoms with Crippen molar-refractivity contribution in [1.82, 2.24) is 9.97 Å². The average molecular weight is 334 g/mol. The second kappa shape index (κ2) is 6.49. The molecule has 0 aliphatic carbocycles. The molecule has 3 heterocycles. The lowest BCUT2D eigenvalue weighted by molar-refractivity contribution is 0.102. The molecule has 6 nitrogen and oxygen atoms in total. The van der Waals surface area contributed by atoms with Crippen molar-refractivity contribution in [3.05, 3.63) is 60.6 Å². The van der Waals surface area contributed by atoms with Crippen LogP contribution < -0.4 is 10.2 Å². The van der Waals surface area contributed by atoms with Crippen LogP contribution >= 0.6 is 0 Å². The molecule has 1 amide bonds. The summed E-state index contributed by atoms with van der Waals surface area (Å²) in [7, 11) is 0. The normalized spacial score (nSPS) is 16.5. The van der Waals surface area contributed by atoms with Crippen molar-refractivity contribution in [2.24, 2.45) is 0 Å². The second-order valence-electron chi connectivity index (χ2n) is 6.05. The fourth-order valence-corrected chi connectivity index (χ4v) is 3.08. The summed E-state index contributed by atoms with van der Waals surface area (Å²) < 4.78 is 0. The number of carbonyl (C=O) groups is 1. The van der Waals surface area contributed by atoms with Gasteiger partial charge in [-0.2, -0.15) is 0 Å². The van der Waals surface area contributed by atoms with E-state index >= 15 is 0 Å². The summed E-state index contributed by atoms with van der Waals surface area (Å²) in [5, 5.41) is 13.2. The van der Waals surface area contributed by atoms with Gasteiger partial charge in [0.25, 0.3) is 5.91 Å². The van der Waals surface area contributed by atoms with Gasteiger partial charge in [-0.05, 0) is 30.7 Å². The first-order valence-electron chi connectivity index (χ1n) is 8.25. The van der Waals surface area contributed by atoms with E-state index in [-0.39, 0.29) is 18.6 Å². The standard InChI is InChI=1S/C19H18N4O2/c24-12-15-7-10-23(15)14-6-9-20-17(11-14)19(25)22-16-5-1-3-13-4-2-8-21-18(13)16/h1-6,8-9,11,15,24H,7,10,12H2,(H,22,25)/t15-/m0/s1. The van der Waals surface area contributed by atoms with Crippen molar-refractivity contribution < 1.29 is 9.90 Å². The minimum Gasteiger partial charge on any atom is -0.394 e. The molecule has 0 saturated carbocycles. The number of hydrogen-bond donors (Lipinski definition) is 2. The molecule has 3 aromatic rings. The summed E-state index contributed by atoms with van der Waals surface area (Å²) in [4.78, 5) is 23.2.